The maximum Gasteiger partial charge on any atom is 0.302 e. The smallest absolute Gasteiger partial charge is 0.302 e. The summed E-state index contributed by atoms with van der Waals surface area (Å²) >= 11 is 0. The highest BCUT2D eigenvalue weighted by molar-refractivity contribution is 7.86. The van der Waals surface area contributed by atoms with Gasteiger partial charge in [-0.3, -0.25) is 0 Å². The van der Waals surface area contributed by atoms with Crippen LogP contribution in [0.15, 0.2) is 36.4 Å². The van der Waals surface area contributed by atoms with Crippen molar-refractivity contribution in [2.24, 2.45) is 0 Å². The van der Waals surface area contributed by atoms with Crippen LogP contribution in [0.4, 0.5) is 3.89 Å². The molecule has 0 radical (unpaired) electrons. The normalized spacial score (nSPS) is 11.7. The van der Waals surface area contributed by atoms with Crippen molar-refractivity contribution in [3.63, 3.8) is 0 Å². The Labute approximate surface area is 105 Å². The van der Waals surface area contributed by atoms with Gasteiger partial charge >= 0.3 is 10.2 Å². The molecule has 2 aromatic carbocycles. The number of ether oxygens (including phenoxy) is 1. The van der Waals surface area contributed by atoms with Crippen LogP contribution in [-0.2, 0) is 16.6 Å². The monoisotopic (exact) mass is 268 g/mol. The second kappa shape index (κ2) is 4.94. The molecule has 0 aliphatic rings. The van der Waals surface area contributed by atoms with Crippen LogP contribution in [0.5, 0.6) is 5.75 Å². The summed E-state index contributed by atoms with van der Waals surface area (Å²) in [5, 5.41) is 1.87. The van der Waals surface area contributed by atoms with E-state index in [1.54, 1.807) is 6.07 Å². The molecule has 0 amide bonds. The summed E-state index contributed by atoms with van der Waals surface area (Å²) in [6.07, 6.45) is 0.101. The zero-order valence-corrected chi connectivity index (χ0v) is 10.7. The standard InChI is InChI=1S/C13H13FO3S/c1-17-13-7-6-10-4-2-3-5-11(10)12(13)8-9-18(14,15)16/h2-7H,8-9H2,1H3. The second-order valence-electron chi connectivity index (χ2n) is 3.96. The van der Waals surface area contributed by atoms with Crippen molar-refractivity contribution in [2.75, 3.05) is 12.9 Å². The minimum atomic E-state index is -4.47. The molecule has 0 unspecified atom stereocenters. The first kappa shape index (κ1) is 12.8. The fourth-order valence-electron chi connectivity index (χ4n) is 1.99. The van der Waals surface area contributed by atoms with E-state index in [0.29, 0.717) is 5.75 Å². The number of fused-ring (bicyclic) bond motifs is 1. The van der Waals surface area contributed by atoms with Crippen molar-refractivity contribution >= 4 is 21.0 Å². The Kier molecular flexibility index (Phi) is 3.52. The summed E-state index contributed by atoms with van der Waals surface area (Å²) in [6, 6.07) is 11.2. The van der Waals surface area contributed by atoms with Gasteiger partial charge < -0.3 is 4.74 Å². The van der Waals surface area contributed by atoms with Crippen LogP contribution in [0.2, 0.25) is 0 Å². The van der Waals surface area contributed by atoms with Crippen molar-refractivity contribution in [3.05, 3.63) is 42.0 Å². The molecule has 0 saturated heterocycles. The predicted molar refractivity (Wildman–Crippen MR) is 69.1 cm³/mol. The highest BCUT2D eigenvalue weighted by Crippen LogP contribution is 2.28. The van der Waals surface area contributed by atoms with Gasteiger partial charge in [-0.2, -0.15) is 8.42 Å². The zero-order chi connectivity index (χ0) is 13.2. The molecule has 0 heterocycles. The molecule has 0 aromatic heterocycles. The second-order valence-corrected chi connectivity index (χ2v) is 5.45. The molecule has 0 saturated carbocycles. The summed E-state index contributed by atoms with van der Waals surface area (Å²) in [6.45, 7) is 0. The molecule has 0 spiro atoms. The molecule has 18 heavy (non-hydrogen) atoms. The summed E-state index contributed by atoms with van der Waals surface area (Å²) in [5.41, 5.74) is 0.719. The van der Waals surface area contributed by atoms with Gasteiger partial charge in [-0.05, 0) is 23.3 Å². The Balaban J connectivity index is 2.51. The SMILES string of the molecule is COc1ccc2ccccc2c1CCS(=O)(=O)F. The first-order chi connectivity index (χ1) is 8.51. The van der Waals surface area contributed by atoms with E-state index in [1.807, 2.05) is 30.3 Å². The molecular weight excluding hydrogens is 255 g/mol. The highest BCUT2D eigenvalue weighted by Gasteiger charge is 2.13. The van der Waals surface area contributed by atoms with Crippen molar-refractivity contribution in [2.45, 2.75) is 6.42 Å². The van der Waals surface area contributed by atoms with Crippen LogP contribution in [0.1, 0.15) is 5.56 Å². The number of benzene rings is 2. The number of aryl methyl sites for hydroxylation is 1. The van der Waals surface area contributed by atoms with Gasteiger partial charge in [-0.15, -0.1) is 3.89 Å². The fraction of sp³-hybridized carbons (Fsp3) is 0.231. The molecule has 2 aromatic rings. The molecule has 0 bridgehead atoms. The fourth-order valence-corrected chi connectivity index (χ4v) is 2.44. The van der Waals surface area contributed by atoms with Crippen molar-refractivity contribution in [1.82, 2.24) is 0 Å². The van der Waals surface area contributed by atoms with Crippen LogP contribution >= 0.6 is 0 Å². The Hall–Kier alpha value is -1.62. The van der Waals surface area contributed by atoms with Gasteiger partial charge in [0, 0.05) is 5.56 Å². The average molecular weight is 268 g/mol. The lowest BCUT2D eigenvalue weighted by Crippen LogP contribution is -2.04. The highest BCUT2D eigenvalue weighted by atomic mass is 32.3. The number of hydrogen-bond acceptors (Lipinski definition) is 3. The van der Waals surface area contributed by atoms with Crippen molar-refractivity contribution in [1.29, 1.82) is 0 Å². The van der Waals surface area contributed by atoms with Crippen LogP contribution < -0.4 is 4.74 Å². The third-order valence-electron chi connectivity index (χ3n) is 2.81. The first-order valence-electron chi connectivity index (χ1n) is 5.48. The number of halogens is 1. The van der Waals surface area contributed by atoms with Gasteiger partial charge in [0.05, 0.1) is 12.9 Å². The zero-order valence-electron chi connectivity index (χ0n) is 9.89. The first-order valence-corrected chi connectivity index (χ1v) is 7.03. The van der Waals surface area contributed by atoms with Crippen LogP contribution in [0.3, 0.4) is 0 Å². The minimum Gasteiger partial charge on any atom is -0.496 e. The Morgan fingerprint density at radius 2 is 1.89 bits per heavy atom. The molecule has 0 N–H and O–H groups in total. The molecule has 3 nitrogen and oxygen atoms in total. The molecule has 0 atom stereocenters. The van der Waals surface area contributed by atoms with Crippen LogP contribution in [0.25, 0.3) is 10.8 Å². The van der Waals surface area contributed by atoms with Gasteiger partial charge in [0.15, 0.2) is 0 Å². The van der Waals surface area contributed by atoms with E-state index in [-0.39, 0.29) is 6.42 Å². The van der Waals surface area contributed by atoms with Gasteiger partial charge in [0.25, 0.3) is 0 Å². The van der Waals surface area contributed by atoms with Crippen LogP contribution in [-0.4, -0.2) is 21.3 Å². The van der Waals surface area contributed by atoms with E-state index >= 15 is 0 Å². The largest absolute Gasteiger partial charge is 0.496 e. The lowest BCUT2D eigenvalue weighted by atomic mass is 10.0. The predicted octanol–water partition coefficient (Wildman–Crippen LogP) is 2.69. The summed E-state index contributed by atoms with van der Waals surface area (Å²) in [4.78, 5) is 0. The maximum atomic E-state index is 12.6. The van der Waals surface area contributed by atoms with Crippen molar-refractivity contribution < 1.29 is 17.0 Å². The van der Waals surface area contributed by atoms with Crippen LogP contribution in [0, 0.1) is 0 Å². The molecule has 2 rings (SSSR count). The van der Waals surface area contributed by atoms with E-state index in [2.05, 4.69) is 0 Å². The Bertz CT molecular complexity index is 665. The van der Waals surface area contributed by atoms with E-state index in [0.717, 1.165) is 16.3 Å². The maximum absolute atomic E-state index is 12.6. The molecule has 0 fully saturated rings. The van der Waals surface area contributed by atoms with E-state index in [4.69, 9.17) is 4.74 Å². The lowest BCUT2D eigenvalue weighted by Gasteiger charge is -2.11. The summed E-state index contributed by atoms with van der Waals surface area (Å²) in [7, 11) is -2.96. The van der Waals surface area contributed by atoms with E-state index in [9.17, 15) is 12.3 Å². The summed E-state index contributed by atoms with van der Waals surface area (Å²) in [5.74, 6) is 0.0505. The van der Waals surface area contributed by atoms with Gasteiger partial charge in [-0.25, -0.2) is 0 Å². The van der Waals surface area contributed by atoms with Gasteiger partial charge in [0.2, 0.25) is 0 Å². The molecule has 0 aliphatic heterocycles. The molecule has 0 aliphatic carbocycles. The number of rotatable bonds is 4. The molecule has 96 valence electrons. The third-order valence-corrected chi connectivity index (χ3v) is 3.51. The van der Waals surface area contributed by atoms with E-state index < -0.39 is 16.0 Å². The Morgan fingerprint density at radius 3 is 2.56 bits per heavy atom. The van der Waals surface area contributed by atoms with Gasteiger partial charge in [-0.1, -0.05) is 30.3 Å². The topological polar surface area (TPSA) is 43.4 Å². The lowest BCUT2D eigenvalue weighted by molar-refractivity contribution is 0.411. The number of hydrogen-bond donors (Lipinski definition) is 0. The summed E-state index contributed by atoms with van der Waals surface area (Å²) < 4.78 is 39.1. The molecular formula is C13H13FO3S. The third kappa shape index (κ3) is 2.79. The van der Waals surface area contributed by atoms with Gasteiger partial charge in [0.1, 0.15) is 5.75 Å². The molecule has 5 heteroatoms. The van der Waals surface area contributed by atoms with Crippen molar-refractivity contribution in [3.8, 4) is 5.75 Å². The minimum absolute atomic E-state index is 0.101. The number of methoxy groups -OCH3 is 1. The quantitative estimate of drug-likeness (QED) is 0.801. The average Bonchev–Trinajstić information content (AvgIpc) is 2.34. The van der Waals surface area contributed by atoms with E-state index in [1.165, 1.54) is 7.11 Å². The Morgan fingerprint density at radius 1 is 1.17 bits per heavy atom.